The quantitative estimate of drug-likeness (QED) is 0.771. The van der Waals surface area contributed by atoms with Gasteiger partial charge in [-0.25, -0.2) is 0 Å². The SMILES string of the molecule is O=C(CCN1C(=O)CCC1=O)Nc1ccc(NC(=O)c2ccco2)cc1. The maximum atomic E-state index is 12.0. The molecule has 0 aliphatic carbocycles. The molecule has 2 heterocycles. The van der Waals surface area contributed by atoms with Crippen molar-refractivity contribution < 1.29 is 23.6 Å². The van der Waals surface area contributed by atoms with Crippen molar-refractivity contribution in [2.24, 2.45) is 0 Å². The summed E-state index contributed by atoms with van der Waals surface area (Å²) < 4.78 is 5.01. The van der Waals surface area contributed by atoms with Crippen molar-refractivity contribution in [3.8, 4) is 0 Å². The summed E-state index contributed by atoms with van der Waals surface area (Å²) in [5.74, 6) is -0.941. The number of furan rings is 1. The number of hydrogen-bond donors (Lipinski definition) is 2. The highest BCUT2D eigenvalue weighted by atomic mass is 16.3. The monoisotopic (exact) mass is 355 g/mol. The molecule has 1 aromatic heterocycles. The first-order valence-corrected chi connectivity index (χ1v) is 8.11. The Kier molecular flexibility index (Phi) is 5.12. The molecule has 1 saturated heterocycles. The second-order valence-corrected chi connectivity index (χ2v) is 5.75. The predicted octanol–water partition coefficient (Wildman–Crippen LogP) is 2.01. The largest absolute Gasteiger partial charge is 0.459 e. The van der Waals surface area contributed by atoms with Crippen LogP contribution in [0.15, 0.2) is 47.1 Å². The summed E-state index contributed by atoms with van der Waals surface area (Å²) in [7, 11) is 0. The van der Waals surface area contributed by atoms with Crippen LogP contribution in [0, 0.1) is 0 Å². The number of imide groups is 1. The molecule has 0 bridgehead atoms. The van der Waals surface area contributed by atoms with Gasteiger partial charge in [-0.2, -0.15) is 0 Å². The molecule has 8 heteroatoms. The molecule has 8 nitrogen and oxygen atoms in total. The maximum absolute atomic E-state index is 12.0. The number of carbonyl (C=O) groups excluding carboxylic acids is 4. The molecule has 2 aromatic rings. The summed E-state index contributed by atoms with van der Waals surface area (Å²) in [5.41, 5.74) is 1.10. The van der Waals surface area contributed by atoms with Crippen molar-refractivity contribution in [3.63, 3.8) is 0 Å². The summed E-state index contributed by atoms with van der Waals surface area (Å²) >= 11 is 0. The first kappa shape index (κ1) is 17.4. The van der Waals surface area contributed by atoms with E-state index in [2.05, 4.69) is 10.6 Å². The Bertz CT molecular complexity index is 811. The molecule has 3 rings (SSSR count). The third kappa shape index (κ3) is 4.15. The van der Waals surface area contributed by atoms with Gasteiger partial charge in [0.15, 0.2) is 5.76 Å². The lowest BCUT2D eigenvalue weighted by atomic mass is 10.2. The average Bonchev–Trinajstić information content (AvgIpc) is 3.26. The van der Waals surface area contributed by atoms with E-state index in [0.717, 1.165) is 4.90 Å². The zero-order valence-corrected chi connectivity index (χ0v) is 13.9. The molecule has 26 heavy (non-hydrogen) atoms. The van der Waals surface area contributed by atoms with Crippen molar-refractivity contribution in [1.29, 1.82) is 0 Å². The zero-order valence-electron chi connectivity index (χ0n) is 13.9. The van der Waals surface area contributed by atoms with E-state index in [1.54, 1.807) is 36.4 Å². The number of benzene rings is 1. The van der Waals surface area contributed by atoms with Crippen LogP contribution in [0.4, 0.5) is 11.4 Å². The number of hydrogen-bond acceptors (Lipinski definition) is 5. The van der Waals surface area contributed by atoms with Crippen molar-refractivity contribution >= 4 is 35.0 Å². The summed E-state index contributed by atoms with van der Waals surface area (Å²) in [6, 6.07) is 9.74. The Morgan fingerprint density at radius 1 is 0.962 bits per heavy atom. The first-order valence-electron chi connectivity index (χ1n) is 8.11. The van der Waals surface area contributed by atoms with Gasteiger partial charge in [-0.05, 0) is 36.4 Å². The number of rotatable bonds is 6. The third-order valence-electron chi connectivity index (χ3n) is 3.89. The molecule has 0 spiro atoms. The van der Waals surface area contributed by atoms with E-state index < -0.39 is 0 Å². The van der Waals surface area contributed by atoms with Crippen molar-refractivity contribution in [2.45, 2.75) is 19.3 Å². The number of nitrogens with zero attached hydrogens (tertiary/aromatic N) is 1. The van der Waals surface area contributed by atoms with E-state index in [0.29, 0.717) is 11.4 Å². The Morgan fingerprint density at radius 2 is 1.58 bits per heavy atom. The van der Waals surface area contributed by atoms with Gasteiger partial charge in [0.2, 0.25) is 17.7 Å². The second-order valence-electron chi connectivity index (χ2n) is 5.75. The predicted molar refractivity (Wildman–Crippen MR) is 92.3 cm³/mol. The molecule has 4 amide bonds. The van der Waals surface area contributed by atoms with Gasteiger partial charge < -0.3 is 15.1 Å². The topological polar surface area (TPSA) is 109 Å². The van der Waals surface area contributed by atoms with Crippen LogP contribution in [0.3, 0.4) is 0 Å². The molecule has 1 fully saturated rings. The molecule has 1 aromatic carbocycles. The molecule has 2 N–H and O–H groups in total. The van der Waals surface area contributed by atoms with Crippen molar-refractivity contribution in [3.05, 3.63) is 48.4 Å². The van der Waals surface area contributed by atoms with Crippen molar-refractivity contribution in [1.82, 2.24) is 4.90 Å². The maximum Gasteiger partial charge on any atom is 0.291 e. The van der Waals surface area contributed by atoms with E-state index in [9.17, 15) is 19.2 Å². The third-order valence-corrected chi connectivity index (χ3v) is 3.89. The van der Waals surface area contributed by atoms with Gasteiger partial charge in [-0.1, -0.05) is 0 Å². The fourth-order valence-corrected chi connectivity index (χ4v) is 2.55. The number of anilines is 2. The standard InChI is InChI=1S/C18H17N3O5/c22-15(9-10-21-16(23)7-8-17(21)24)19-12-3-5-13(6-4-12)20-18(25)14-2-1-11-26-14/h1-6,11H,7-10H2,(H,19,22)(H,20,25). The molecule has 1 aliphatic rings. The Hall–Kier alpha value is -3.42. The number of amides is 4. The summed E-state index contributed by atoms with van der Waals surface area (Å²) in [4.78, 5) is 47.9. The van der Waals surface area contributed by atoms with Crippen LogP contribution in [0.25, 0.3) is 0 Å². The summed E-state index contributed by atoms with van der Waals surface area (Å²) in [6.07, 6.45) is 1.88. The molecule has 0 atom stereocenters. The summed E-state index contributed by atoms with van der Waals surface area (Å²) in [5, 5.41) is 5.35. The molecular weight excluding hydrogens is 338 g/mol. The first-order chi connectivity index (χ1) is 12.5. The van der Waals surface area contributed by atoms with E-state index in [1.807, 2.05) is 0 Å². The van der Waals surface area contributed by atoms with Crippen LogP contribution >= 0.6 is 0 Å². The van der Waals surface area contributed by atoms with Crippen LogP contribution in [0.2, 0.25) is 0 Å². The molecule has 0 saturated carbocycles. The van der Waals surface area contributed by atoms with E-state index >= 15 is 0 Å². The van der Waals surface area contributed by atoms with E-state index in [-0.39, 0.29) is 55.2 Å². The fourth-order valence-electron chi connectivity index (χ4n) is 2.55. The highest BCUT2D eigenvalue weighted by molar-refractivity contribution is 6.03. The number of likely N-dealkylation sites (tertiary alicyclic amines) is 1. The number of nitrogens with one attached hydrogen (secondary N) is 2. The van der Waals surface area contributed by atoms with Gasteiger partial charge in [0.1, 0.15) is 0 Å². The number of carbonyl (C=O) groups is 4. The molecule has 0 radical (unpaired) electrons. The van der Waals surface area contributed by atoms with Gasteiger partial charge in [0.25, 0.3) is 5.91 Å². The lowest BCUT2D eigenvalue weighted by Gasteiger charge is -2.13. The average molecular weight is 355 g/mol. The minimum absolute atomic E-state index is 0.0362. The summed E-state index contributed by atoms with van der Waals surface area (Å²) in [6.45, 7) is 0.0841. The molecule has 0 unspecified atom stereocenters. The van der Waals surface area contributed by atoms with Gasteiger partial charge in [0.05, 0.1) is 6.26 Å². The van der Waals surface area contributed by atoms with E-state index in [4.69, 9.17) is 4.42 Å². The van der Waals surface area contributed by atoms with E-state index in [1.165, 1.54) is 6.26 Å². The lowest BCUT2D eigenvalue weighted by molar-refractivity contribution is -0.138. The molecular formula is C18H17N3O5. The molecule has 134 valence electrons. The van der Waals surface area contributed by atoms with Crippen molar-refractivity contribution in [2.75, 3.05) is 17.2 Å². The minimum atomic E-state index is -0.369. The van der Waals surface area contributed by atoms with Gasteiger partial charge >= 0.3 is 0 Å². The smallest absolute Gasteiger partial charge is 0.291 e. The van der Waals surface area contributed by atoms with Crippen LogP contribution in [0.1, 0.15) is 29.8 Å². The highest BCUT2D eigenvalue weighted by Gasteiger charge is 2.28. The second kappa shape index (κ2) is 7.64. The zero-order chi connectivity index (χ0) is 18.5. The van der Waals surface area contributed by atoms with Crippen LogP contribution < -0.4 is 10.6 Å². The van der Waals surface area contributed by atoms with Gasteiger partial charge in [-0.15, -0.1) is 0 Å². The minimum Gasteiger partial charge on any atom is -0.459 e. The molecule has 1 aliphatic heterocycles. The normalized spacial score (nSPS) is 13.8. The van der Waals surface area contributed by atoms with Gasteiger partial charge in [0, 0.05) is 37.2 Å². The highest BCUT2D eigenvalue weighted by Crippen LogP contribution is 2.16. The van der Waals surface area contributed by atoms with Gasteiger partial charge in [-0.3, -0.25) is 24.1 Å². The van der Waals surface area contributed by atoms with Crippen LogP contribution in [-0.4, -0.2) is 35.1 Å². The Morgan fingerprint density at radius 3 is 2.15 bits per heavy atom. The van der Waals surface area contributed by atoms with Crippen LogP contribution in [0.5, 0.6) is 0 Å². The lowest BCUT2D eigenvalue weighted by Crippen LogP contribution is -2.32. The van der Waals surface area contributed by atoms with Crippen LogP contribution in [-0.2, 0) is 14.4 Å². The fraction of sp³-hybridized carbons (Fsp3) is 0.222. The Labute approximate surface area is 149 Å². The Balaban J connectivity index is 1.49.